The molecule has 2 rings (SSSR count). The highest BCUT2D eigenvalue weighted by Crippen LogP contribution is 2.23. The maximum Gasteiger partial charge on any atom is 0.312 e. The normalized spacial score (nSPS) is 16.0. The van der Waals surface area contributed by atoms with Crippen molar-refractivity contribution in [3.05, 3.63) is 29.8 Å². The van der Waals surface area contributed by atoms with Crippen molar-refractivity contribution in [2.45, 2.75) is 111 Å². The van der Waals surface area contributed by atoms with Crippen LogP contribution in [0.25, 0.3) is 0 Å². The van der Waals surface area contributed by atoms with Crippen LogP contribution in [0.2, 0.25) is 0 Å². The van der Waals surface area contributed by atoms with Crippen molar-refractivity contribution in [2.75, 3.05) is 18.4 Å². The van der Waals surface area contributed by atoms with E-state index in [0.29, 0.717) is 69.6 Å². The first-order valence-electron chi connectivity index (χ1n) is 16.7. The summed E-state index contributed by atoms with van der Waals surface area (Å²) in [5.41, 5.74) is 6.91. The van der Waals surface area contributed by atoms with Gasteiger partial charge in [0, 0.05) is 37.5 Å². The third-order valence-electron chi connectivity index (χ3n) is 8.10. The van der Waals surface area contributed by atoms with Gasteiger partial charge in [-0.2, -0.15) is 0 Å². The number of unbranched alkanes of at least 4 members (excludes halogenated alkanes) is 3. The first kappa shape index (κ1) is 38.2. The monoisotopic (exact) mass is 642 g/mol. The maximum absolute atomic E-state index is 13.4. The fraction of sp³-hybridized carbons (Fsp3) is 0.647. The van der Waals surface area contributed by atoms with E-state index in [1.807, 2.05) is 45.0 Å². The number of carbonyl (C=O) groups excluding carboxylic acids is 6. The summed E-state index contributed by atoms with van der Waals surface area (Å²) in [4.78, 5) is 76.2. The van der Waals surface area contributed by atoms with Crippen LogP contribution in [-0.4, -0.2) is 65.6 Å². The number of nitrogens with one attached hydrogen (secondary N) is 4. The summed E-state index contributed by atoms with van der Waals surface area (Å²) in [6.07, 6.45) is 5.29. The molecule has 0 bridgehead atoms. The van der Waals surface area contributed by atoms with Gasteiger partial charge in [0.05, 0.1) is 0 Å². The van der Waals surface area contributed by atoms with Crippen molar-refractivity contribution in [3.8, 4) is 0 Å². The van der Waals surface area contributed by atoms with Crippen LogP contribution in [0.3, 0.4) is 0 Å². The summed E-state index contributed by atoms with van der Waals surface area (Å²) in [7, 11) is 0. The molecule has 1 unspecified atom stereocenters. The zero-order chi connectivity index (χ0) is 34.2. The minimum atomic E-state index is -0.863. The van der Waals surface area contributed by atoms with Crippen molar-refractivity contribution in [3.63, 3.8) is 0 Å². The highest BCUT2D eigenvalue weighted by atomic mass is 16.2. The van der Waals surface area contributed by atoms with Crippen LogP contribution in [-0.2, 0) is 30.4 Å². The molecule has 256 valence electrons. The summed E-state index contributed by atoms with van der Waals surface area (Å²) in [6.45, 7) is 10.5. The van der Waals surface area contributed by atoms with Gasteiger partial charge in [0.2, 0.25) is 29.5 Å². The summed E-state index contributed by atoms with van der Waals surface area (Å²) in [5.74, 6) is -1.30. The largest absolute Gasteiger partial charge is 0.352 e. The standard InChI is InChI=1S/C34H54N6O6/c1-6-25-21-29(42)40(33(25)45)19-11-7-8-13-28(41)39-30(23(4)5)32(44)38-27(12-9-10-18-36-34(35)46)31(43)37-26-16-14-24(15-17-26)20-22(2)3/h14-17,22-23,25,27,30H,6-13,18-21H2,1-5H3,(H,37,43)(H,38,44)(H,39,41)(H3,35,36,46)/t25?,27-,30-/m0/s1. The summed E-state index contributed by atoms with van der Waals surface area (Å²) >= 11 is 0. The van der Waals surface area contributed by atoms with Crippen LogP contribution in [0.15, 0.2) is 24.3 Å². The lowest BCUT2D eigenvalue weighted by Gasteiger charge is -2.25. The Balaban J connectivity index is 1.93. The molecule has 1 aliphatic rings. The molecule has 3 atom stereocenters. The molecule has 0 aliphatic carbocycles. The van der Waals surface area contributed by atoms with Crippen LogP contribution in [0.1, 0.15) is 98.0 Å². The Labute approximate surface area is 273 Å². The molecule has 46 heavy (non-hydrogen) atoms. The fourth-order valence-corrected chi connectivity index (χ4v) is 5.46. The van der Waals surface area contributed by atoms with Gasteiger partial charge in [-0.3, -0.25) is 28.9 Å². The number of likely N-dealkylation sites (tertiary alicyclic amines) is 1. The van der Waals surface area contributed by atoms with Gasteiger partial charge in [0.25, 0.3) is 0 Å². The van der Waals surface area contributed by atoms with Crippen molar-refractivity contribution in [2.24, 2.45) is 23.5 Å². The zero-order valence-corrected chi connectivity index (χ0v) is 28.2. The molecular weight excluding hydrogens is 588 g/mol. The number of benzene rings is 1. The summed E-state index contributed by atoms with van der Waals surface area (Å²) in [5, 5.41) is 11.1. The minimum absolute atomic E-state index is 0.107. The number of carbonyl (C=O) groups is 6. The average molecular weight is 643 g/mol. The smallest absolute Gasteiger partial charge is 0.312 e. The molecule has 0 radical (unpaired) electrons. The second kappa shape index (κ2) is 19.5. The van der Waals surface area contributed by atoms with Gasteiger partial charge in [-0.1, -0.05) is 53.2 Å². The van der Waals surface area contributed by atoms with Crippen molar-refractivity contribution < 1.29 is 28.8 Å². The number of primary amides is 1. The van der Waals surface area contributed by atoms with Crippen LogP contribution < -0.4 is 27.0 Å². The molecule has 1 saturated heterocycles. The SMILES string of the molecule is CCC1CC(=O)N(CCCCCC(=O)N[C@H](C(=O)N[C@@H](CCCCNC(N)=O)C(=O)Nc2ccc(CC(C)C)cc2)C(C)C)C1=O. The molecule has 1 heterocycles. The van der Waals surface area contributed by atoms with E-state index < -0.39 is 24.0 Å². The first-order chi connectivity index (χ1) is 21.8. The molecule has 0 saturated carbocycles. The third kappa shape index (κ3) is 13.2. The Morgan fingerprint density at radius 1 is 0.913 bits per heavy atom. The predicted octanol–water partition coefficient (Wildman–Crippen LogP) is 3.63. The van der Waals surface area contributed by atoms with E-state index in [2.05, 4.69) is 35.1 Å². The number of rotatable bonds is 20. The highest BCUT2D eigenvalue weighted by Gasteiger charge is 2.36. The van der Waals surface area contributed by atoms with Crippen molar-refractivity contribution in [1.82, 2.24) is 20.9 Å². The number of hydrogen-bond acceptors (Lipinski definition) is 6. The zero-order valence-electron chi connectivity index (χ0n) is 28.2. The molecule has 1 aromatic rings. The molecule has 7 amide bonds. The lowest BCUT2D eigenvalue weighted by atomic mass is 10.0. The number of anilines is 1. The molecular formula is C34H54N6O6. The van der Waals surface area contributed by atoms with Crippen LogP contribution in [0, 0.1) is 17.8 Å². The van der Waals surface area contributed by atoms with E-state index in [9.17, 15) is 28.8 Å². The lowest BCUT2D eigenvalue weighted by molar-refractivity contribution is -0.139. The maximum atomic E-state index is 13.4. The molecule has 1 aromatic carbocycles. The topological polar surface area (TPSA) is 180 Å². The van der Waals surface area contributed by atoms with E-state index in [-0.39, 0.29) is 48.3 Å². The van der Waals surface area contributed by atoms with E-state index in [4.69, 9.17) is 5.73 Å². The Bertz CT molecular complexity index is 1190. The van der Waals surface area contributed by atoms with Crippen molar-refractivity contribution in [1.29, 1.82) is 0 Å². The van der Waals surface area contributed by atoms with E-state index in [0.717, 1.165) is 12.0 Å². The summed E-state index contributed by atoms with van der Waals surface area (Å²) < 4.78 is 0. The number of nitrogens with two attached hydrogens (primary N) is 1. The fourth-order valence-electron chi connectivity index (χ4n) is 5.46. The van der Waals surface area contributed by atoms with Gasteiger partial charge in [-0.15, -0.1) is 0 Å². The Morgan fingerprint density at radius 2 is 1.61 bits per heavy atom. The van der Waals surface area contributed by atoms with Gasteiger partial charge >= 0.3 is 6.03 Å². The Kier molecular flexibility index (Phi) is 16.2. The van der Waals surface area contributed by atoms with E-state index in [1.165, 1.54) is 4.90 Å². The average Bonchev–Trinajstić information content (AvgIpc) is 3.26. The third-order valence-corrected chi connectivity index (χ3v) is 8.10. The molecule has 6 N–H and O–H groups in total. The van der Waals surface area contributed by atoms with Gasteiger partial charge < -0.3 is 27.0 Å². The van der Waals surface area contributed by atoms with E-state index in [1.54, 1.807) is 0 Å². The molecule has 1 aliphatic heterocycles. The number of nitrogens with zero attached hydrogens (tertiary/aromatic N) is 1. The predicted molar refractivity (Wildman–Crippen MR) is 177 cm³/mol. The number of imide groups is 1. The molecule has 0 aromatic heterocycles. The van der Waals surface area contributed by atoms with Crippen LogP contribution >= 0.6 is 0 Å². The second-order valence-corrected chi connectivity index (χ2v) is 12.9. The Morgan fingerprint density at radius 3 is 2.20 bits per heavy atom. The minimum Gasteiger partial charge on any atom is -0.352 e. The van der Waals surface area contributed by atoms with E-state index >= 15 is 0 Å². The summed E-state index contributed by atoms with van der Waals surface area (Å²) in [6, 6.07) is 5.28. The van der Waals surface area contributed by atoms with Gasteiger partial charge in [-0.25, -0.2) is 4.79 Å². The molecule has 12 nitrogen and oxygen atoms in total. The second-order valence-electron chi connectivity index (χ2n) is 12.9. The van der Waals surface area contributed by atoms with Crippen molar-refractivity contribution >= 4 is 41.3 Å². The molecule has 0 spiro atoms. The number of amides is 7. The first-order valence-corrected chi connectivity index (χ1v) is 16.7. The van der Waals surface area contributed by atoms with Gasteiger partial charge in [0.15, 0.2) is 0 Å². The quantitative estimate of drug-likeness (QED) is 0.107. The van der Waals surface area contributed by atoms with Crippen LogP contribution in [0.5, 0.6) is 0 Å². The number of hydrogen-bond donors (Lipinski definition) is 5. The molecule has 1 fully saturated rings. The number of urea groups is 1. The molecule has 12 heteroatoms. The Hall–Kier alpha value is -3.96. The van der Waals surface area contributed by atoms with Gasteiger partial charge in [-0.05, 0) is 74.5 Å². The highest BCUT2D eigenvalue weighted by molar-refractivity contribution is 6.03. The lowest BCUT2D eigenvalue weighted by Crippen LogP contribution is -2.54. The van der Waals surface area contributed by atoms with Gasteiger partial charge in [0.1, 0.15) is 12.1 Å². The van der Waals surface area contributed by atoms with Crippen LogP contribution in [0.4, 0.5) is 10.5 Å².